The van der Waals surface area contributed by atoms with Crippen molar-refractivity contribution >= 4 is 17.7 Å². The molecule has 6 nitrogen and oxygen atoms in total. The van der Waals surface area contributed by atoms with E-state index in [0.717, 1.165) is 36.4 Å². The molecule has 1 aromatic carbocycles. The van der Waals surface area contributed by atoms with Crippen LogP contribution in [-0.2, 0) is 5.54 Å². The van der Waals surface area contributed by atoms with Gasteiger partial charge in [0.2, 0.25) is 0 Å². The number of fused-ring (bicyclic) bond motifs is 2. The number of imide groups is 1. The highest BCUT2D eigenvalue weighted by Crippen LogP contribution is 2.40. The average molecular weight is 260 g/mol. The van der Waals surface area contributed by atoms with Gasteiger partial charge in [0.25, 0.3) is 0 Å². The largest absolute Gasteiger partial charge is 0.351 e. The molecule has 0 radical (unpaired) electrons. The third kappa shape index (κ3) is 1.76. The molecule has 1 spiro atoms. The molecule has 2 aliphatic heterocycles. The molecule has 0 bridgehead atoms. The molecule has 1 aromatic rings. The number of hydrogen-bond acceptors (Lipinski definition) is 3. The number of rotatable bonds is 0. The Kier molecular flexibility index (Phi) is 2.67. The first-order valence-electron chi connectivity index (χ1n) is 6.36. The molecule has 0 atom stereocenters. The number of para-hydroxylation sites is 1. The number of urea groups is 2. The lowest BCUT2D eigenvalue weighted by atomic mass is 9.79. The molecule has 100 valence electrons. The summed E-state index contributed by atoms with van der Waals surface area (Å²) in [5.74, 6) is 0. The molecule has 4 N–H and O–H groups in total. The second-order valence-electron chi connectivity index (χ2n) is 4.95. The predicted molar refractivity (Wildman–Crippen MR) is 70.8 cm³/mol. The Morgan fingerprint density at radius 2 is 1.95 bits per heavy atom. The van der Waals surface area contributed by atoms with Gasteiger partial charge in [0, 0.05) is 5.56 Å². The van der Waals surface area contributed by atoms with E-state index in [9.17, 15) is 9.59 Å². The van der Waals surface area contributed by atoms with Crippen molar-refractivity contribution in [3.63, 3.8) is 0 Å². The number of nitrogens with two attached hydrogens (primary N) is 1. The van der Waals surface area contributed by atoms with Crippen molar-refractivity contribution in [2.45, 2.75) is 18.4 Å². The van der Waals surface area contributed by atoms with Gasteiger partial charge in [0.05, 0.1) is 11.2 Å². The Morgan fingerprint density at radius 3 is 2.63 bits per heavy atom. The van der Waals surface area contributed by atoms with E-state index < -0.39 is 12.1 Å². The fourth-order valence-corrected chi connectivity index (χ4v) is 2.98. The van der Waals surface area contributed by atoms with Gasteiger partial charge in [-0.15, -0.1) is 0 Å². The van der Waals surface area contributed by atoms with Crippen LogP contribution in [0.25, 0.3) is 0 Å². The molecule has 0 aromatic heterocycles. The van der Waals surface area contributed by atoms with Crippen molar-refractivity contribution in [2.24, 2.45) is 5.73 Å². The van der Waals surface area contributed by atoms with Crippen LogP contribution in [0.2, 0.25) is 0 Å². The number of piperidine rings is 1. The average Bonchev–Trinajstić information content (AvgIpc) is 2.39. The standard InChI is InChI=1S/C13H16N4O2/c14-11(18)17-10-4-2-1-3-9(10)13(16-12(17)19)5-7-15-8-6-13/h1-4,15H,5-8H2,(H2,14,18)(H,16,19). The molecule has 19 heavy (non-hydrogen) atoms. The number of carbonyl (C=O) groups is 2. The second-order valence-corrected chi connectivity index (χ2v) is 4.95. The van der Waals surface area contributed by atoms with Crippen LogP contribution in [0.1, 0.15) is 18.4 Å². The summed E-state index contributed by atoms with van der Waals surface area (Å²) in [6.07, 6.45) is 1.62. The van der Waals surface area contributed by atoms with Crippen LogP contribution in [0.5, 0.6) is 0 Å². The summed E-state index contributed by atoms with van der Waals surface area (Å²) in [6, 6.07) is 6.25. The van der Waals surface area contributed by atoms with E-state index in [1.807, 2.05) is 18.2 Å². The number of nitrogens with one attached hydrogen (secondary N) is 2. The molecule has 1 saturated heterocycles. The molecule has 6 heteroatoms. The molecule has 4 amide bonds. The zero-order valence-corrected chi connectivity index (χ0v) is 10.5. The van der Waals surface area contributed by atoms with Crippen molar-refractivity contribution in [3.05, 3.63) is 29.8 Å². The second kappa shape index (κ2) is 4.24. The van der Waals surface area contributed by atoms with E-state index in [-0.39, 0.29) is 5.54 Å². The molecule has 2 heterocycles. The minimum absolute atomic E-state index is 0.384. The first-order valence-corrected chi connectivity index (χ1v) is 6.36. The first-order chi connectivity index (χ1) is 9.14. The summed E-state index contributed by atoms with van der Waals surface area (Å²) < 4.78 is 0. The minimum atomic E-state index is -0.756. The molecule has 0 saturated carbocycles. The number of anilines is 1. The number of hydrogen-bond donors (Lipinski definition) is 3. The molecule has 0 aliphatic carbocycles. The SMILES string of the molecule is NC(=O)N1C(=O)NC2(CCNCC2)c2ccccc21. The lowest BCUT2D eigenvalue weighted by Gasteiger charge is -2.45. The third-order valence-corrected chi connectivity index (χ3v) is 3.89. The summed E-state index contributed by atoms with van der Waals surface area (Å²) >= 11 is 0. The van der Waals surface area contributed by atoms with Crippen molar-refractivity contribution in [1.29, 1.82) is 0 Å². The van der Waals surface area contributed by atoms with Crippen LogP contribution in [-0.4, -0.2) is 25.2 Å². The van der Waals surface area contributed by atoms with E-state index in [1.165, 1.54) is 0 Å². The lowest BCUT2D eigenvalue weighted by molar-refractivity contribution is 0.205. The van der Waals surface area contributed by atoms with Gasteiger partial charge >= 0.3 is 12.1 Å². The normalized spacial score (nSPS) is 20.8. The van der Waals surface area contributed by atoms with Crippen LogP contribution in [0.3, 0.4) is 0 Å². The Balaban J connectivity index is 2.14. The number of amides is 4. The Bertz CT molecular complexity index is 537. The molecule has 0 unspecified atom stereocenters. The fraction of sp³-hybridized carbons (Fsp3) is 0.385. The highest BCUT2D eigenvalue weighted by atomic mass is 16.2. The molecule has 3 rings (SSSR count). The van der Waals surface area contributed by atoms with Crippen LogP contribution < -0.4 is 21.3 Å². The molecule has 1 fully saturated rings. The maximum Gasteiger partial charge on any atom is 0.330 e. The topological polar surface area (TPSA) is 87.5 Å². The van der Waals surface area contributed by atoms with Gasteiger partial charge in [-0.3, -0.25) is 0 Å². The van der Waals surface area contributed by atoms with Gasteiger partial charge in [0.1, 0.15) is 0 Å². The van der Waals surface area contributed by atoms with Crippen molar-refractivity contribution in [2.75, 3.05) is 18.0 Å². The monoisotopic (exact) mass is 260 g/mol. The Hall–Kier alpha value is -2.08. The summed E-state index contributed by atoms with van der Waals surface area (Å²) in [6.45, 7) is 1.68. The summed E-state index contributed by atoms with van der Waals surface area (Å²) in [5, 5.41) is 6.24. The van der Waals surface area contributed by atoms with E-state index in [0.29, 0.717) is 5.69 Å². The molecular formula is C13H16N4O2. The fourth-order valence-electron chi connectivity index (χ4n) is 2.98. The van der Waals surface area contributed by atoms with Crippen molar-refractivity contribution in [1.82, 2.24) is 10.6 Å². The Labute approximate surface area is 110 Å². The smallest absolute Gasteiger partial charge is 0.330 e. The number of nitrogens with zero attached hydrogens (tertiary/aromatic N) is 1. The third-order valence-electron chi connectivity index (χ3n) is 3.89. The predicted octanol–water partition coefficient (Wildman–Crippen LogP) is 0.874. The quantitative estimate of drug-likeness (QED) is 0.647. The molecular weight excluding hydrogens is 244 g/mol. The van der Waals surface area contributed by atoms with E-state index >= 15 is 0 Å². The van der Waals surface area contributed by atoms with E-state index in [1.54, 1.807) is 6.07 Å². The van der Waals surface area contributed by atoms with Gasteiger partial charge in [-0.25, -0.2) is 14.5 Å². The van der Waals surface area contributed by atoms with Crippen LogP contribution in [0.4, 0.5) is 15.3 Å². The Morgan fingerprint density at radius 1 is 1.26 bits per heavy atom. The van der Waals surface area contributed by atoms with Gasteiger partial charge in [-0.05, 0) is 32.0 Å². The number of benzene rings is 1. The van der Waals surface area contributed by atoms with E-state index in [4.69, 9.17) is 5.73 Å². The lowest BCUT2D eigenvalue weighted by Crippen LogP contribution is -2.61. The highest BCUT2D eigenvalue weighted by Gasteiger charge is 2.44. The van der Waals surface area contributed by atoms with Gasteiger partial charge < -0.3 is 16.4 Å². The highest BCUT2D eigenvalue weighted by molar-refractivity contribution is 6.15. The van der Waals surface area contributed by atoms with Crippen molar-refractivity contribution in [3.8, 4) is 0 Å². The van der Waals surface area contributed by atoms with Crippen LogP contribution >= 0.6 is 0 Å². The molecule has 2 aliphatic rings. The minimum Gasteiger partial charge on any atom is -0.351 e. The van der Waals surface area contributed by atoms with Crippen LogP contribution in [0, 0.1) is 0 Å². The van der Waals surface area contributed by atoms with Gasteiger partial charge in [-0.2, -0.15) is 0 Å². The zero-order chi connectivity index (χ0) is 13.5. The van der Waals surface area contributed by atoms with Gasteiger partial charge in [-0.1, -0.05) is 18.2 Å². The van der Waals surface area contributed by atoms with E-state index in [2.05, 4.69) is 10.6 Å². The van der Waals surface area contributed by atoms with Gasteiger partial charge in [0.15, 0.2) is 0 Å². The van der Waals surface area contributed by atoms with Crippen LogP contribution in [0.15, 0.2) is 24.3 Å². The maximum atomic E-state index is 12.2. The number of carbonyl (C=O) groups excluding carboxylic acids is 2. The summed E-state index contributed by atoms with van der Waals surface area (Å²) in [5.41, 5.74) is 6.49. The summed E-state index contributed by atoms with van der Waals surface area (Å²) in [7, 11) is 0. The van der Waals surface area contributed by atoms with Crippen molar-refractivity contribution < 1.29 is 9.59 Å². The first kappa shape index (κ1) is 12.0. The maximum absolute atomic E-state index is 12.2. The summed E-state index contributed by atoms with van der Waals surface area (Å²) in [4.78, 5) is 24.6. The zero-order valence-electron chi connectivity index (χ0n) is 10.5. The number of primary amides is 1.